The van der Waals surface area contributed by atoms with Crippen LogP contribution in [0.2, 0.25) is 0 Å². The number of anilines is 2. The minimum absolute atomic E-state index is 0.469. The Morgan fingerprint density at radius 1 is 1.17 bits per heavy atom. The van der Waals surface area contributed by atoms with E-state index in [1.165, 1.54) is 11.3 Å². The van der Waals surface area contributed by atoms with Crippen molar-refractivity contribution < 1.29 is 9.47 Å². The van der Waals surface area contributed by atoms with Crippen molar-refractivity contribution in [1.82, 2.24) is 4.98 Å². The number of benzene rings is 1. The Kier molecular flexibility index (Phi) is 2.52. The maximum absolute atomic E-state index is 5.92. The first-order chi connectivity index (χ1) is 8.65. The molecule has 0 aliphatic carbocycles. The van der Waals surface area contributed by atoms with E-state index in [0.717, 1.165) is 22.6 Å². The molecule has 0 atom stereocenters. The molecule has 18 heavy (non-hydrogen) atoms. The first-order valence-corrected chi connectivity index (χ1v) is 6.39. The van der Waals surface area contributed by atoms with Gasteiger partial charge in [0.1, 0.15) is 23.9 Å². The van der Waals surface area contributed by atoms with Gasteiger partial charge in [0.15, 0.2) is 16.6 Å². The van der Waals surface area contributed by atoms with Crippen LogP contribution in [0.1, 0.15) is 5.56 Å². The van der Waals surface area contributed by atoms with E-state index in [-0.39, 0.29) is 0 Å². The molecule has 6 heteroatoms. The number of hydrogen-bond donors (Lipinski definition) is 2. The Labute approximate surface area is 108 Å². The minimum Gasteiger partial charge on any atom is -0.486 e. The van der Waals surface area contributed by atoms with Crippen LogP contribution in [-0.2, 0) is 0 Å². The van der Waals surface area contributed by atoms with E-state index >= 15 is 0 Å². The molecule has 0 fully saturated rings. The zero-order valence-corrected chi connectivity index (χ0v) is 10.7. The zero-order chi connectivity index (χ0) is 12.7. The number of aromatic nitrogens is 1. The van der Waals surface area contributed by atoms with Crippen LogP contribution in [0, 0.1) is 6.92 Å². The van der Waals surface area contributed by atoms with Crippen molar-refractivity contribution in [2.24, 2.45) is 0 Å². The molecule has 1 aromatic heterocycles. The molecule has 5 nitrogen and oxygen atoms in total. The highest BCUT2D eigenvalue weighted by molar-refractivity contribution is 7.19. The summed E-state index contributed by atoms with van der Waals surface area (Å²) < 4.78 is 11.1. The number of thiazole rings is 1. The lowest BCUT2D eigenvalue weighted by atomic mass is 10.0. The molecule has 0 bridgehead atoms. The molecule has 1 aromatic carbocycles. The van der Waals surface area contributed by atoms with E-state index in [9.17, 15) is 0 Å². The molecule has 1 aliphatic heterocycles. The molecular weight excluding hydrogens is 250 g/mol. The average Bonchev–Trinajstić information content (AvgIpc) is 2.67. The van der Waals surface area contributed by atoms with Crippen LogP contribution in [0.15, 0.2) is 12.1 Å². The minimum atomic E-state index is 0.469. The molecule has 4 N–H and O–H groups in total. The van der Waals surface area contributed by atoms with Crippen molar-refractivity contribution >= 4 is 21.5 Å². The Morgan fingerprint density at radius 3 is 2.44 bits per heavy atom. The van der Waals surface area contributed by atoms with Crippen LogP contribution in [0.4, 0.5) is 10.1 Å². The molecule has 1 aliphatic rings. The molecule has 0 unspecified atom stereocenters. The maximum atomic E-state index is 5.92. The summed E-state index contributed by atoms with van der Waals surface area (Å²) in [4.78, 5) is 4.27. The Balaban J connectivity index is 2.15. The van der Waals surface area contributed by atoms with E-state index in [0.29, 0.717) is 29.0 Å². The van der Waals surface area contributed by atoms with Gasteiger partial charge >= 0.3 is 0 Å². The van der Waals surface area contributed by atoms with E-state index in [4.69, 9.17) is 20.9 Å². The fourth-order valence-electron chi connectivity index (χ4n) is 1.99. The highest BCUT2D eigenvalue weighted by Gasteiger charge is 2.18. The number of hydrogen-bond acceptors (Lipinski definition) is 6. The van der Waals surface area contributed by atoms with Gasteiger partial charge in [0.05, 0.1) is 0 Å². The second-order valence-electron chi connectivity index (χ2n) is 4.08. The molecule has 0 amide bonds. The third-order valence-corrected chi connectivity index (χ3v) is 3.53. The molecule has 0 radical (unpaired) electrons. The third kappa shape index (κ3) is 1.74. The lowest BCUT2D eigenvalue weighted by Gasteiger charge is -2.20. The first-order valence-electron chi connectivity index (χ1n) is 5.57. The number of rotatable bonds is 1. The third-order valence-electron chi connectivity index (χ3n) is 2.81. The molecule has 0 saturated carbocycles. The van der Waals surface area contributed by atoms with Crippen molar-refractivity contribution in [3.05, 3.63) is 17.7 Å². The van der Waals surface area contributed by atoms with Gasteiger partial charge in [-0.3, -0.25) is 0 Å². The van der Waals surface area contributed by atoms with Crippen molar-refractivity contribution in [1.29, 1.82) is 0 Å². The van der Waals surface area contributed by atoms with Crippen LogP contribution in [-0.4, -0.2) is 18.2 Å². The fourth-order valence-corrected chi connectivity index (χ4v) is 2.60. The second kappa shape index (κ2) is 4.06. The predicted molar refractivity (Wildman–Crippen MR) is 72.1 cm³/mol. The number of aryl methyl sites for hydroxylation is 1. The molecule has 0 saturated heterocycles. The van der Waals surface area contributed by atoms with E-state index in [2.05, 4.69) is 4.98 Å². The summed E-state index contributed by atoms with van der Waals surface area (Å²) in [7, 11) is 0. The molecule has 2 heterocycles. The van der Waals surface area contributed by atoms with Crippen LogP contribution in [0.5, 0.6) is 11.5 Å². The van der Waals surface area contributed by atoms with Gasteiger partial charge < -0.3 is 20.9 Å². The lowest BCUT2D eigenvalue weighted by Crippen LogP contribution is -2.15. The number of nitrogen functional groups attached to an aromatic ring is 2. The Bertz CT molecular complexity index is 610. The smallest absolute Gasteiger partial charge is 0.182 e. The topological polar surface area (TPSA) is 83.4 Å². The van der Waals surface area contributed by atoms with E-state index < -0.39 is 0 Å². The van der Waals surface area contributed by atoms with Gasteiger partial charge in [0.2, 0.25) is 0 Å². The summed E-state index contributed by atoms with van der Waals surface area (Å²) >= 11 is 1.28. The first kappa shape index (κ1) is 11.2. The monoisotopic (exact) mass is 263 g/mol. The quantitative estimate of drug-likeness (QED) is 0.822. The Hall–Kier alpha value is -1.95. The van der Waals surface area contributed by atoms with Gasteiger partial charge in [-0.15, -0.1) is 0 Å². The van der Waals surface area contributed by atoms with E-state index in [1.54, 1.807) is 0 Å². The molecule has 2 aromatic rings. The van der Waals surface area contributed by atoms with Crippen LogP contribution < -0.4 is 20.9 Å². The van der Waals surface area contributed by atoms with Crippen molar-refractivity contribution in [2.45, 2.75) is 6.92 Å². The van der Waals surface area contributed by atoms with Crippen LogP contribution in [0.25, 0.3) is 11.3 Å². The van der Waals surface area contributed by atoms with E-state index in [1.807, 2.05) is 19.1 Å². The summed E-state index contributed by atoms with van der Waals surface area (Å²) in [6, 6.07) is 3.85. The number of nitrogens with two attached hydrogens (primary N) is 2. The second-order valence-corrected chi connectivity index (χ2v) is 5.14. The molecule has 0 spiro atoms. The van der Waals surface area contributed by atoms with Crippen molar-refractivity contribution in [3.63, 3.8) is 0 Å². The van der Waals surface area contributed by atoms with Gasteiger partial charge in [0.25, 0.3) is 0 Å². The summed E-state index contributed by atoms with van der Waals surface area (Å²) in [6.07, 6.45) is 0. The number of nitrogens with zero attached hydrogens (tertiary/aromatic N) is 1. The summed E-state index contributed by atoms with van der Waals surface area (Å²) in [5.41, 5.74) is 14.3. The van der Waals surface area contributed by atoms with Crippen molar-refractivity contribution in [3.8, 4) is 22.8 Å². The SMILES string of the molecule is Cc1cc2c(cc1-c1nc(N)sc1N)OCCO2. The van der Waals surface area contributed by atoms with Crippen LogP contribution >= 0.6 is 11.3 Å². The normalized spacial score (nSPS) is 13.6. The van der Waals surface area contributed by atoms with Gasteiger partial charge in [-0.05, 0) is 24.6 Å². The zero-order valence-electron chi connectivity index (χ0n) is 9.90. The number of ether oxygens (including phenoxy) is 2. The molecule has 94 valence electrons. The fraction of sp³-hybridized carbons (Fsp3) is 0.250. The van der Waals surface area contributed by atoms with Gasteiger partial charge in [-0.25, -0.2) is 4.98 Å². The predicted octanol–water partition coefficient (Wildman–Crippen LogP) is 2.05. The van der Waals surface area contributed by atoms with Gasteiger partial charge in [0, 0.05) is 5.56 Å². The summed E-state index contributed by atoms with van der Waals surface area (Å²) in [5.74, 6) is 1.50. The lowest BCUT2D eigenvalue weighted by molar-refractivity contribution is 0.171. The van der Waals surface area contributed by atoms with Gasteiger partial charge in [-0.1, -0.05) is 11.3 Å². The highest BCUT2D eigenvalue weighted by atomic mass is 32.1. The summed E-state index contributed by atoms with van der Waals surface area (Å²) in [5, 5.41) is 1.09. The Morgan fingerprint density at radius 2 is 1.83 bits per heavy atom. The average molecular weight is 263 g/mol. The van der Waals surface area contributed by atoms with Crippen LogP contribution in [0.3, 0.4) is 0 Å². The maximum Gasteiger partial charge on any atom is 0.182 e. The van der Waals surface area contributed by atoms with Crippen molar-refractivity contribution in [2.75, 3.05) is 24.7 Å². The standard InChI is InChI=1S/C12H13N3O2S/c1-6-4-8-9(17-3-2-16-8)5-7(6)10-11(13)18-12(14)15-10/h4-5H,2-3,13H2,1H3,(H2,14,15). The molecular formula is C12H13N3O2S. The largest absolute Gasteiger partial charge is 0.486 e. The molecule has 3 rings (SSSR count). The highest BCUT2D eigenvalue weighted by Crippen LogP contribution is 2.40. The summed E-state index contributed by atoms with van der Waals surface area (Å²) in [6.45, 7) is 3.13. The van der Waals surface area contributed by atoms with Gasteiger partial charge in [-0.2, -0.15) is 0 Å². The number of fused-ring (bicyclic) bond motifs is 1.